The summed E-state index contributed by atoms with van der Waals surface area (Å²) in [6.45, 7) is 3.53. The van der Waals surface area contributed by atoms with Crippen LogP contribution in [0.3, 0.4) is 0 Å². The Morgan fingerprint density at radius 2 is 1.37 bits per heavy atom. The predicted octanol–water partition coefficient (Wildman–Crippen LogP) is -1.41. The number of carboxylic acid groups (broad SMARTS) is 2. The molecule has 210 valence electrons. The van der Waals surface area contributed by atoms with Crippen LogP contribution in [-0.4, -0.2) is 75.1 Å². The van der Waals surface area contributed by atoms with Crippen LogP contribution >= 0.6 is 0 Å². The fraction of sp³-hybridized carbons (Fsp3) is 0.500. The second-order valence-corrected chi connectivity index (χ2v) is 9.23. The minimum atomic E-state index is -1.51. The van der Waals surface area contributed by atoms with Gasteiger partial charge in [0.05, 0.1) is 12.5 Å². The lowest BCUT2D eigenvalue weighted by atomic mass is 10.0. The molecule has 0 aliphatic carbocycles. The van der Waals surface area contributed by atoms with E-state index in [1.165, 1.54) is 24.3 Å². The van der Waals surface area contributed by atoms with Gasteiger partial charge in [-0.2, -0.15) is 0 Å². The molecule has 0 radical (unpaired) electrons. The van der Waals surface area contributed by atoms with E-state index < -0.39 is 72.6 Å². The maximum atomic E-state index is 13.0. The topological polar surface area (TPSA) is 251 Å². The van der Waals surface area contributed by atoms with Gasteiger partial charge >= 0.3 is 11.9 Å². The van der Waals surface area contributed by atoms with Crippen LogP contribution in [0.5, 0.6) is 5.75 Å². The number of amides is 4. The van der Waals surface area contributed by atoms with Crippen molar-refractivity contribution in [3.8, 4) is 5.75 Å². The summed E-state index contributed by atoms with van der Waals surface area (Å²) in [5.41, 5.74) is 11.4. The van der Waals surface area contributed by atoms with E-state index >= 15 is 0 Å². The lowest BCUT2D eigenvalue weighted by Gasteiger charge is -2.25. The minimum absolute atomic E-state index is 0.00943. The Kier molecular flexibility index (Phi) is 12.7. The van der Waals surface area contributed by atoms with Crippen LogP contribution in [0.4, 0.5) is 0 Å². The molecule has 38 heavy (non-hydrogen) atoms. The Balaban J connectivity index is 3.01. The molecule has 1 aromatic carbocycles. The third kappa shape index (κ3) is 11.7. The number of nitrogens with one attached hydrogen (secondary N) is 3. The molecule has 0 spiro atoms. The molecular weight excluding hydrogens is 502 g/mol. The number of rotatable bonds is 16. The average molecular weight is 538 g/mol. The van der Waals surface area contributed by atoms with Crippen LogP contribution in [0.1, 0.15) is 45.1 Å². The number of phenolic OH excluding ortho intramolecular Hbond substituents is 1. The van der Waals surface area contributed by atoms with Gasteiger partial charge in [0, 0.05) is 12.8 Å². The molecule has 1 aromatic rings. The van der Waals surface area contributed by atoms with E-state index in [1.807, 2.05) is 0 Å². The monoisotopic (exact) mass is 537 g/mol. The van der Waals surface area contributed by atoms with Gasteiger partial charge in [0.2, 0.25) is 23.6 Å². The quantitative estimate of drug-likeness (QED) is 0.122. The van der Waals surface area contributed by atoms with Gasteiger partial charge in [-0.15, -0.1) is 0 Å². The number of nitrogens with two attached hydrogens (primary N) is 2. The van der Waals surface area contributed by atoms with Crippen molar-refractivity contribution in [2.75, 3.05) is 0 Å². The van der Waals surface area contributed by atoms with Gasteiger partial charge in [-0.25, -0.2) is 4.79 Å². The van der Waals surface area contributed by atoms with Crippen molar-refractivity contribution in [1.29, 1.82) is 0 Å². The van der Waals surface area contributed by atoms with Crippen LogP contribution in [0.2, 0.25) is 0 Å². The van der Waals surface area contributed by atoms with E-state index in [-0.39, 0.29) is 30.9 Å². The molecule has 14 nitrogen and oxygen atoms in total. The van der Waals surface area contributed by atoms with Gasteiger partial charge in [-0.1, -0.05) is 26.0 Å². The first-order chi connectivity index (χ1) is 17.7. The number of carbonyl (C=O) groups excluding carboxylic acids is 4. The average Bonchev–Trinajstić information content (AvgIpc) is 2.81. The van der Waals surface area contributed by atoms with Crippen molar-refractivity contribution in [3.05, 3.63) is 29.8 Å². The second-order valence-electron chi connectivity index (χ2n) is 9.23. The van der Waals surface area contributed by atoms with Crippen molar-refractivity contribution < 1.29 is 44.1 Å². The molecular formula is C24H35N5O9. The van der Waals surface area contributed by atoms with Crippen LogP contribution < -0.4 is 27.4 Å². The number of primary amides is 1. The molecule has 4 amide bonds. The summed E-state index contributed by atoms with van der Waals surface area (Å²) < 4.78 is 0. The summed E-state index contributed by atoms with van der Waals surface area (Å²) in [5, 5.41) is 34.8. The Hall–Kier alpha value is -4.20. The molecule has 14 heteroatoms. The van der Waals surface area contributed by atoms with Gasteiger partial charge in [0.15, 0.2) is 0 Å². The van der Waals surface area contributed by atoms with E-state index in [0.29, 0.717) is 5.56 Å². The highest BCUT2D eigenvalue weighted by molar-refractivity contribution is 5.96. The molecule has 4 atom stereocenters. The van der Waals surface area contributed by atoms with Crippen molar-refractivity contribution in [1.82, 2.24) is 16.0 Å². The molecule has 10 N–H and O–H groups in total. The standard InChI is InChI=1S/C24H35N5O9/c1-12(2)9-16(22(35)29-18(24(37)38)10-13-3-5-14(30)6-4-13)28-23(36)17(11-19(26)31)27-21(34)15(25)7-8-20(32)33/h3-6,12,15-18,30H,7-11,25H2,1-2H3,(H2,26,31)(H,27,34)(H,28,36)(H,29,35)(H,32,33)(H,37,38). The number of aromatic hydroxyl groups is 1. The molecule has 0 aliphatic heterocycles. The SMILES string of the molecule is CC(C)CC(NC(=O)C(CC(N)=O)NC(=O)C(N)CCC(=O)O)C(=O)NC(Cc1ccc(O)cc1)C(=O)O. The number of hydrogen-bond acceptors (Lipinski definition) is 8. The molecule has 0 bridgehead atoms. The molecule has 0 saturated carbocycles. The Labute approximate surface area is 219 Å². The number of hydrogen-bond donors (Lipinski definition) is 8. The molecule has 0 aliphatic rings. The number of carbonyl (C=O) groups is 6. The van der Waals surface area contributed by atoms with Crippen LogP contribution in [0.25, 0.3) is 0 Å². The molecule has 0 aromatic heterocycles. The van der Waals surface area contributed by atoms with Crippen LogP contribution in [0, 0.1) is 5.92 Å². The molecule has 0 fully saturated rings. The number of phenols is 1. The van der Waals surface area contributed by atoms with Gasteiger partial charge in [0.25, 0.3) is 0 Å². The van der Waals surface area contributed by atoms with Crippen LogP contribution in [0.15, 0.2) is 24.3 Å². The highest BCUT2D eigenvalue weighted by Gasteiger charge is 2.31. The number of aliphatic carboxylic acids is 2. The summed E-state index contributed by atoms with van der Waals surface area (Å²) in [6.07, 6.45) is -1.25. The van der Waals surface area contributed by atoms with E-state index in [4.69, 9.17) is 16.6 Å². The van der Waals surface area contributed by atoms with Gasteiger partial charge in [-0.3, -0.25) is 24.0 Å². The first-order valence-corrected chi connectivity index (χ1v) is 11.9. The highest BCUT2D eigenvalue weighted by atomic mass is 16.4. The first kappa shape index (κ1) is 31.8. The maximum Gasteiger partial charge on any atom is 0.326 e. The number of carboxylic acids is 2. The smallest absolute Gasteiger partial charge is 0.326 e. The molecule has 4 unspecified atom stereocenters. The predicted molar refractivity (Wildman–Crippen MR) is 133 cm³/mol. The molecule has 0 saturated heterocycles. The van der Waals surface area contributed by atoms with Crippen molar-refractivity contribution >= 4 is 35.6 Å². The lowest BCUT2D eigenvalue weighted by molar-refractivity contribution is -0.142. The Bertz CT molecular complexity index is 1010. The van der Waals surface area contributed by atoms with E-state index in [1.54, 1.807) is 13.8 Å². The zero-order valence-corrected chi connectivity index (χ0v) is 21.2. The normalized spacial score (nSPS) is 14.0. The maximum absolute atomic E-state index is 13.0. The highest BCUT2D eigenvalue weighted by Crippen LogP contribution is 2.12. The summed E-state index contributed by atoms with van der Waals surface area (Å²) in [4.78, 5) is 72.3. The first-order valence-electron chi connectivity index (χ1n) is 11.9. The fourth-order valence-electron chi connectivity index (χ4n) is 3.41. The second kappa shape index (κ2) is 15.1. The summed E-state index contributed by atoms with van der Waals surface area (Å²) in [7, 11) is 0. The Morgan fingerprint density at radius 1 is 0.842 bits per heavy atom. The van der Waals surface area contributed by atoms with Gasteiger partial charge in [0.1, 0.15) is 23.9 Å². The molecule has 0 heterocycles. The van der Waals surface area contributed by atoms with E-state index in [2.05, 4.69) is 16.0 Å². The van der Waals surface area contributed by atoms with E-state index in [0.717, 1.165) is 0 Å². The van der Waals surface area contributed by atoms with Crippen molar-refractivity contribution in [3.63, 3.8) is 0 Å². The Morgan fingerprint density at radius 3 is 1.87 bits per heavy atom. The van der Waals surface area contributed by atoms with E-state index in [9.17, 15) is 39.0 Å². The lowest BCUT2D eigenvalue weighted by Crippen LogP contribution is -2.58. The zero-order valence-electron chi connectivity index (χ0n) is 21.2. The zero-order chi connectivity index (χ0) is 29.0. The van der Waals surface area contributed by atoms with Crippen molar-refractivity contribution in [2.24, 2.45) is 17.4 Å². The van der Waals surface area contributed by atoms with Crippen LogP contribution in [-0.2, 0) is 35.2 Å². The summed E-state index contributed by atoms with van der Waals surface area (Å²) >= 11 is 0. The molecule has 1 rings (SSSR count). The summed E-state index contributed by atoms with van der Waals surface area (Å²) in [6, 6.07) is 0.388. The van der Waals surface area contributed by atoms with Crippen molar-refractivity contribution in [2.45, 2.75) is 70.1 Å². The fourth-order valence-corrected chi connectivity index (χ4v) is 3.41. The minimum Gasteiger partial charge on any atom is -0.508 e. The third-order valence-electron chi connectivity index (χ3n) is 5.38. The third-order valence-corrected chi connectivity index (χ3v) is 5.38. The van der Waals surface area contributed by atoms with Gasteiger partial charge < -0.3 is 42.7 Å². The summed E-state index contributed by atoms with van der Waals surface area (Å²) in [5.74, 6) is -6.20. The number of benzene rings is 1. The largest absolute Gasteiger partial charge is 0.508 e. The van der Waals surface area contributed by atoms with Gasteiger partial charge in [-0.05, 0) is 36.5 Å².